The minimum absolute atomic E-state index is 0.0382. The smallest absolute Gasteiger partial charge is 0.255 e. The van der Waals surface area contributed by atoms with Crippen molar-refractivity contribution in [3.05, 3.63) is 52.3 Å². The van der Waals surface area contributed by atoms with Crippen molar-refractivity contribution in [1.29, 1.82) is 0 Å². The molecule has 1 amide bonds. The van der Waals surface area contributed by atoms with E-state index in [2.05, 4.69) is 0 Å². The highest BCUT2D eigenvalue weighted by Crippen LogP contribution is 2.53. The van der Waals surface area contributed by atoms with Gasteiger partial charge >= 0.3 is 0 Å². The number of hydrogen-bond donors (Lipinski definition) is 5. The highest BCUT2D eigenvalue weighted by atomic mass is 16.5. The lowest BCUT2D eigenvalue weighted by Gasteiger charge is -2.50. The molecule has 1 saturated carbocycles. The average molecular weight is 495 g/mol. The molecular formula is C26H26N2O8. The molecule has 0 bridgehead atoms. The predicted molar refractivity (Wildman–Crippen MR) is 128 cm³/mol. The van der Waals surface area contributed by atoms with Crippen LogP contribution in [0.3, 0.4) is 0 Å². The molecule has 3 aliphatic carbocycles. The van der Waals surface area contributed by atoms with Crippen molar-refractivity contribution in [1.82, 2.24) is 4.90 Å². The number of rotatable bonds is 3. The molecule has 0 heterocycles. The number of phenols is 1. The number of Topliss-reactive ketones (excluding diaryl/α,β-unsaturated/α-hetero) is 2. The number of aliphatic hydroxyl groups excluding tert-OH is 2. The van der Waals surface area contributed by atoms with Crippen LogP contribution in [0.15, 0.2) is 41.2 Å². The summed E-state index contributed by atoms with van der Waals surface area (Å²) in [5.74, 6) is -6.18. The van der Waals surface area contributed by atoms with Gasteiger partial charge in [0.25, 0.3) is 5.91 Å². The Labute approximate surface area is 205 Å². The van der Waals surface area contributed by atoms with E-state index in [4.69, 9.17) is 10.5 Å². The first-order valence-electron chi connectivity index (χ1n) is 11.4. The highest BCUT2D eigenvalue weighted by Gasteiger charge is 2.64. The Morgan fingerprint density at radius 3 is 2.47 bits per heavy atom. The lowest BCUT2D eigenvalue weighted by atomic mass is 9.57. The zero-order valence-electron chi connectivity index (χ0n) is 19.9. The van der Waals surface area contributed by atoms with Crippen LogP contribution >= 0.6 is 0 Å². The number of primary amides is 1. The monoisotopic (exact) mass is 494 g/mol. The molecule has 1 fully saturated rings. The molecule has 3 aliphatic rings. The number of aromatic hydroxyl groups is 1. The maximum Gasteiger partial charge on any atom is 0.255 e. The summed E-state index contributed by atoms with van der Waals surface area (Å²) in [5, 5.41) is 45.9. The first-order valence-corrected chi connectivity index (χ1v) is 11.4. The molecule has 2 aromatic carbocycles. The standard InChI is InChI=1S/C26H26N2O8/c1-28(2)19-14-9-11-7-10-8-13-12(5-4-6-15(13)36-3)20(29)16(10)21(30)17(11)23(32)26(14,35)24(33)18(22(19)31)25(27)34/h4-6,8,11,14,19,29-30,33,35H,7,9H2,1-3H3,(H2,27,34)/t11-,14-,19-,26-/m0/s1. The maximum atomic E-state index is 13.8. The van der Waals surface area contributed by atoms with Crippen LogP contribution in [-0.4, -0.2) is 75.6 Å². The molecule has 10 heteroatoms. The zero-order chi connectivity index (χ0) is 26.3. The summed E-state index contributed by atoms with van der Waals surface area (Å²) in [7, 11) is 4.62. The molecule has 36 heavy (non-hydrogen) atoms. The Kier molecular flexibility index (Phi) is 5.17. The Bertz CT molecular complexity index is 1440. The fourth-order valence-corrected chi connectivity index (χ4v) is 6.19. The minimum Gasteiger partial charge on any atom is -0.508 e. The highest BCUT2D eigenvalue weighted by molar-refractivity contribution is 6.24. The molecule has 0 aliphatic heterocycles. The number of carbonyl (C=O) groups excluding carboxylic acids is 3. The summed E-state index contributed by atoms with van der Waals surface area (Å²) in [6.07, 6.45) is 0.257. The number of benzene rings is 2. The minimum atomic E-state index is -2.65. The average Bonchev–Trinajstić information content (AvgIpc) is 2.80. The number of amides is 1. The molecule has 0 radical (unpaired) electrons. The van der Waals surface area contributed by atoms with E-state index in [1.165, 1.54) is 12.0 Å². The van der Waals surface area contributed by atoms with Gasteiger partial charge in [-0.3, -0.25) is 19.3 Å². The van der Waals surface area contributed by atoms with Gasteiger partial charge in [0.15, 0.2) is 11.4 Å². The van der Waals surface area contributed by atoms with Crippen molar-refractivity contribution < 1.29 is 39.5 Å². The topological polar surface area (TPSA) is 171 Å². The van der Waals surface area contributed by atoms with Crippen molar-refractivity contribution in [2.45, 2.75) is 24.5 Å². The Balaban J connectivity index is 1.77. The van der Waals surface area contributed by atoms with Gasteiger partial charge in [0, 0.05) is 22.3 Å². The van der Waals surface area contributed by atoms with Gasteiger partial charge in [-0.05, 0) is 50.6 Å². The van der Waals surface area contributed by atoms with E-state index in [9.17, 15) is 34.8 Å². The summed E-state index contributed by atoms with van der Waals surface area (Å²) in [6, 6.07) is 5.72. The molecule has 4 atom stereocenters. The number of nitrogens with two attached hydrogens (primary N) is 1. The van der Waals surface area contributed by atoms with Crippen molar-refractivity contribution in [2.24, 2.45) is 17.6 Å². The quantitative estimate of drug-likeness (QED) is 0.392. The van der Waals surface area contributed by atoms with Gasteiger partial charge in [0.05, 0.1) is 18.7 Å². The predicted octanol–water partition coefficient (Wildman–Crippen LogP) is 1.13. The third-order valence-corrected chi connectivity index (χ3v) is 7.75. The van der Waals surface area contributed by atoms with Gasteiger partial charge in [-0.25, -0.2) is 0 Å². The van der Waals surface area contributed by atoms with E-state index in [1.54, 1.807) is 38.4 Å². The molecule has 5 rings (SSSR count). The number of nitrogens with zero attached hydrogens (tertiary/aromatic N) is 1. The van der Waals surface area contributed by atoms with Crippen LogP contribution in [0.5, 0.6) is 11.5 Å². The third kappa shape index (κ3) is 2.88. The zero-order valence-corrected chi connectivity index (χ0v) is 19.9. The van der Waals surface area contributed by atoms with Crippen LogP contribution in [-0.2, 0) is 20.8 Å². The second-order valence-electron chi connectivity index (χ2n) is 9.78. The van der Waals surface area contributed by atoms with E-state index in [0.717, 1.165) is 0 Å². The summed E-state index contributed by atoms with van der Waals surface area (Å²) in [5.41, 5.74) is 2.28. The molecule has 0 aromatic heterocycles. The second kappa shape index (κ2) is 7.81. The Hall–Kier alpha value is -3.89. The van der Waals surface area contributed by atoms with E-state index >= 15 is 0 Å². The van der Waals surface area contributed by atoms with Gasteiger partial charge < -0.3 is 30.9 Å². The van der Waals surface area contributed by atoms with Crippen molar-refractivity contribution in [3.63, 3.8) is 0 Å². The first kappa shape index (κ1) is 23.8. The van der Waals surface area contributed by atoms with Crippen molar-refractivity contribution >= 4 is 34.0 Å². The fraction of sp³-hybridized carbons (Fsp3) is 0.346. The second-order valence-corrected chi connectivity index (χ2v) is 9.78. The largest absolute Gasteiger partial charge is 0.508 e. The van der Waals surface area contributed by atoms with Crippen LogP contribution in [0.1, 0.15) is 17.5 Å². The van der Waals surface area contributed by atoms with E-state index in [-0.39, 0.29) is 29.7 Å². The normalized spacial score (nSPS) is 27.8. The van der Waals surface area contributed by atoms with Crippen LogP contribution in [0.2, 0.25) is 0 Å². The van der Waals surface area contributed by atoms with Gasteiger partial charge in [-0.15, -0.1) is 0 Å². The lowest BCUT2D eigenvalue weighted by molar-refractivity contribution is -0.153. The summed E-state index contributed by atoms with van der Waals surface area (Å²) < 4.78 is 5.41. The molecule has 0 saturated heterocycles. The maximum absolute atomic E-state index is 13.8. The van der Waals surface area contributed by atoms with Crippen LogP contribution in [0.25, 0.3) is 16.5 Å². The number of methoxy groups -OCH3 is 1. The van der Waals surface area contributed by atoms with E-state index < -0.39 is 58.0 Å². The molecule has 2 aromatic rings. The summed E-state index contributed by atoms with van der Waals surface area (Å²) >= 11 is 0. The number of phenolic OH excluding ortho intramolecular Hbond substituents is 1. The Morgan fingerprint density at radius 1 is 1.17 bits per heavy atom. The van der Waals surface area contributed by atoms with Crippen molar-refractivity contribution in [2.75, 3.05) is 21.2 Å². The number of likely N-dealkylation sites (N-methyl/N-ethyl adjacent to an activating group) is 1. The van der Waals surface area contributed by atoms with Gasteiger partial charge in [0.2, 0.25) is 5.78 Å². The van der Waals surface area contributed by atoms with Crippen LogP contribution in [0.4, 0.5) is 0 Å². The molecule has 0 spiro atoms. The number of hydrogen-bond acceptors (Lipinski definition) is 9. The molecule has 10 nitrogen and oxygen atoms in total. The first-order chi connectivity index (χ1) is 16.9. The summed E-state index contributed by atoms with van der Waals surface area (Å²) in [6.45, 7) is 0. The molecule has 6 N–H and O–H groups in total. The fourth-order valence-electron chi connectivity index (χ4n) is 6.19. The van der Waals surface area contributed by atoms with Crippen LogP contribution < -0.4 is 10.5 Å². The SMILES string of the molecule is COc1cccc2c(O)c3c(cc12)C[C@H]1C[C@H]2[C@H](N(C)C)C(=O)C(C(N)=O)=C(O)[C@@]2(O)C(=O)C1=C3O. The number of fused-ring (bicyclic) bond motifs is 4. The summed E-state index contributed by atoms with van der Waals surface area (Å²) in [4.78, 5) is 40.4. The Morgan fingerprint density at radius 2 is 1.86 bits per heavy atom. The third-order valence-electron chi connectivity index (χ3n) is 7.75. The van der Waals surface area contributed by atoms with E-state index in [1.807, 2.05) is 0 Å². The number of ether oxygens (including phenoxy) is 1. The molecule has 188 valence electrons. The molecular weight excluding hydrogens is 468 g/mol. The van der Waals surface area contributed by atoms with Crippen LogP contribution in [0, 0.1) is 11.8 Å². The van der Waals surface area contributed by atoms with Gasteiger partial charge in [-0.2, -0.15) is 0 Å². The van der Waals surface area contributed by atoms with Crippen molar-refractivity contribution in [3.8, 4) is 11.5 Å². The molecule has 0 unspecified atom stereocenters. The number of carbonyl (C=O) groups is 3. The van der Waals surface area contributed by atoms with Gasteiger partial charge in [0.1, 0.15) is 28.6 Å². The number of aliphatic hydroxyl groups is 3. The van der Waals surface area contributed by atoms with Gasteiger partial charge in [-0.1, -0.05) is 12.1 Å². The lowest BCUT2D eigenvalue weighted by Crippen LogP contribution is -2.65. The number of ketones is 2. The van der Waals surface area contributed by atoms with E-state index in [0.29, 0.717) is 22.1 Å².